The molecule has 78 valence electrons. The minimum atomic E-state index is 0.693. The standard InChI is InChI=1S/C10H15BrN2S/c11-10-4-3-9(14-10)7-12-6-8-2-1-5-13-8/h3-4,8,12-13H,1-2,5-7H2. The highest BCUT2D eigenvalue weighted by Crippen LogP contribution is 2.21. The average Bonchev–Trinajstić information content (AvgIpc) is 2.77. The van der Waals surface area contributed by atoms with Crippen molar-refractivity contribution < 1.29 is 0 Å². The number of nitrogens with one attached hydrogen (secondary N) is 2. The Kier molecular flexibility index (Phi) is 3.99. The van der Waals surface area contributed by atoms with E-state index in [1.807, 2.05) is 0 Å². The molecular weight excluding hydrogens is 260 g/mol. The maximum absolute atomic E-state index is 3.48. The van der Waals surface area contributed by atoms with Crippen LogP contribution < -0.4 is 10.6 Å². The van der Waals surface area contributed by atoms with Crippen molar-refractivity contribution in [2.75, 3.05) is 13.1 Å². The van der Waals surface area contributed by atoms with Gasteiger partial charge in [0.1, 0.15) is 0 Å². The van der Waals surface area contributed by atoms with E-state index < -0.39 is 0 Å². The third-order valence-corrected chi connectivity index (χ3v) is 4.10. The lowest BCUT2D eigenvalue weighted by molar-refractivity contribution is 0.537. The molecule has 4 heteroatoms. The largest absolute Gasteiger partial charge is 0.313 e. The predicted molar refractivity (Wildman–Crippen MR) is 64.8 cm³/mol. The average molecular weight is 275 g/mol. The van der Waals surface area contributed by atoms with Crippen LogP contribution in [0.2, 0.25) is 0 Å². The predicted octanol–water partition coefficient (Wildman–Crippen LogP) is 2.35. The molecule has 0 bridgehead atoms. The smallest absolute Gasteiger partial charge is 0.0701 e. The number of halogens is 1. The van der Waals surface area contributed by atoms with Crippen molar-refractivity contribution in [2.45, 2.75) is 25.4 Å². The van der Waals surface area contributed by atoms with Crippen molar-refractivity contribution in [3.63, 3.8) is 0 Å². The molecule has 0 amide bonds. The number of hydrogen-bond acceptors (Lipinski definition) is 3. The van der Waals surface area contributed by atoms with Crippen LogP contribution in [0.5, 0.6) is 0 Å². The Balaban J connectivity index is 1.67. The van der Waals surface area contributed by atoms with Gasteiger partial charge in [0.05, 0.1) is 3.79 Å². The highest BCUT2D eigenvalue weighted by Gasteiger charge is 2.12. The third kappa shape index (κ3) is 3.05. The van der Waals surface area contributed by atoms with Gasteiger partial charge in [0.2, 0.25) is 0 Å². The van der Waals surface area contributed by atoms with Gasteiger partial charge in [0, 0.05) is 24.0 Å². The first kappa shape index (κ1) is 10.6. The number of thiophene rings is 1. The molecule has 0 saturated carbocycles. The third-order valence-electron chi connectivity index (χ3n) is 2.48. The van der Waals surface area contributed by atoms with Gasteiger partial charge in [-0.1, -0.05) is 0 Å². The van der Waals surface area contributed by atoms with Crippen LogP contribution in [0.15, 0.2) is 15.9 Å². The van der Waals surface area contributed by atoms with Crippen LogP contribution in [0.3, 0.4) is 0 Å². The Bertz CT molecular complexity index is 281. The summed E-state index contributed by atoms with van der Waals surface area (Å²) >= 11 is 5.27. The van der Waals surface area contributed by atoms with E-state index in [4.69, 9.17) is 0 Å². The molecule has 1 aliphatic rings. The summed E-state index contributed by atoms with van der Waals surface area (Å²) in [7, 11) is 0. The van der Waals surface area contributed by atoms with E-state index in [-0.39, 0.29) is 0 Å². The first-order valence-electron chi connectivity index (χ1n) is 5.03. The fourth-order valence-corrected chi connectivity index (χ4v) is 3.20. The molecule has 1 atom stereocenters. The topological polar surface area (TPSA) is 24.1 Å². The fourth-order valence-electron chi connectivity index (χ4n) is 1.75. The molecule has 2 rings (SSSR count). The molecule has 1 aromatic heterocycles. The molecular formula is C10H15BrN2S. The number of rotatable bonds is 4. The molecule has 2 N–H and O–H groups in total. The molecule has 14 heavy (non-hydrogen) atoms. The van der Waals surface area contributed by atoms with Crippen LogP contribution in [0, 0.1) is 0 Å². The van der Waals surface area contributed by atoms with E-state index in [0.29, 0.717) is 6.04 Å². The van der Waals surface area contributed by atoms with Crippen molar-refractivity contribution in [3.05, 3.63) is 20.8 Å². The van der Waals surface area contributed by atoms with Crippen molar-refractivity contribution in [3.8, 4) is 0 Å². The van der Waals surface area contributed by atoms with Crippen molar-refractivity contribution in [1.82, 2.24) is 10.6 Å². The monoisotopic (exact) mass is 274 g/mol. The molecule has 2 heterocycles. The lowest BCUT2D eigenvalue weighted by Crippen LogP contribution is -2.33. The summed E-state index contributed by atoms with van der Waals surface area (Å²) in [4.78, 5) is 1.40. The second kappa shape index (κ2) is 5.26. The molecule has 0 aliphatic carbocycles. The summed E-state index contributed by atoms with van der Waals surface area (Å²) in [5.41, 5.74) is 0. The van der Waals surface area contributed by atoms with Gasteiger partial charge in [-0.05, 0) is 47.4 Å². The Labute approximate surface area is 97.2 Å². The van der Waals surface area contributed by atoms with E-state index in [1.165, 1.54) is 28.0 Å². The fraction of sp³-hybridized carbons (Fsp3) is 0.600. The summed E-state index contributed by atoms with van der Waals surface area (Å²) in [5.74, 6) is 0. The Hall–Kier alpha value is 0.1000. The minimum Gasteiger partial charge on any atom is -0.313 e. The molecule has 1 aliphatic heterocycles. The lowest BCUT2D eigenvalue weighted by atomic mass is 10.2. The Morgan fingerprint density at radius 2 is 2.50 bits per heavy atom. The Morgan fingerprint density at radius 1 is 1.57 bits per heavy atom. The van der Waals surface area contributed by atoms with Gasteiger partial charge in [0.25, 0.3) is 0 Å². The molecule has 1 aromatic rings. The highest BCUT2D eigenvalue weighted by molar-refractivity contribution is 9.11. The van der Waals surface area contributed by atoms with Crippen LogP contribution in [0.4, 0.5) is 0 Å². The van der Waals surface area contributed by atoms with E-state index >= 15 is 0 Å². The molecule has 2 nitrogen and oxygen atoms in total. The van der Waals surface area contributed by atoms with Gasteiger partial charge >= 0.3 is 0 Å². The van der Waals surface area contributed by atoms with Crippen LogP contribution in [0.25, 0.3) is 0 Å². The summed E-state index contributed by atoms with van der Waals surface area (Å²) in [6.07, 6.45) is 2.65. The highest BCUT2D eigenvalue weighted by atomic mass is 79.9. The minimum absolute atomic E-state index is 0.693. The number of hydrogen-bond donors (Lipinski definition) is 2. The second-order valence-electron chi connectivity index (χ2n) is 3.63. The first-order valence-corrected chi connectivity index (χ1v) is 6.64. The molecule has 1 fully saturated rings. The molecule has 0 aromatic carbocycles. The normalized spacial score (nSPS) is 21.6. The summed E-state index contributed by atoms with van der Waals surface area (Å²) in [5, 5.41) is 6.96. The van der Waals surface area contributed by atoms with Crippen LogP contribution in [0.1, 0.15) is 17.7 Å². The maximum atomic E-state index is 3.48. The van der Waals surface area contributed by atoms with Crippen molar-refractivity contribution >= 4 is 27.3 Å². The summed E-state index contributed by atoms with van der Waals surface area (Å²) in [6, 6.07) is 4.97. The molecule has 1 saturated heterocycles. The molecule has 0 radical (unpaired) electrons. The van der Waals surface area contributed by atoms with E-state index in [1.54, 1.807) is 11.3 Å². The summed E-state index contributed by atoms with van der Waals surface area (Å²) in [6.45, 7) is 3.28. The van der Waals surface area contributed by atoms with E-state index in [2.05, 4.69) is 38.7 Å². The van der Waals surface area contributed by atoms with E-state index in [9.17, 15) is 0 Å². The van der Waals surface area contributed by atoms with Crippen LogP contribution in [-0.2, 0) is 6.54 Å². The first-order chi connectivity index (χ1) is 6.84. The van der Waals surface area contributed by atoms with Gasteiger partial charge < -0.3 is 10.6 Å². The van der Waals surface area contributed by atoms with Crippen molar-refractivity contribution in [2.24, 2.45) is 0 Å². The van der Waals surface area contributed by atoms with Crippen LogP contribution in [-0.4, -0.2) is 19.1 Å². The zero-order valence-electron chi connectivity index (χ0n) is 8.05. The quantitative estimate of drug-likeness (QED) is 0.881. The zero-order valence-corrected chi connectivity index (χ0v) is 10.5. The van der Waals surface area contributed by atoms with Gasteiger partial charge in [-0.15, -0.1) is 11.3 Å². The van der Waals surface area contributed by atoms with Gasteiger partial charge in [0.15, 0.2) is 0 Å². The van der Waals surface area contributed by atoms with Gasteiger partial charge in [-0.25, -0.2) is 0 Å². The zero-order chi connectivity index (χ0) is 9.80. The van der Waals surface area contributed by atoms with E-state index in [0.717, 1.165) is 13.1 Å². The van der Waals surface area contributed by atoms with Gasteiger partial charge in [-0.3, -0.25) is 0 Å². The lowest BCUT2D eigenvalue weighted by Gasteiger charge is -2.10. The molecule has 0 spiro atoms. The van der Waals surface area contributed by atoms with Crippen LogP contribution >= 0.6 is 27.3 Å². The Morgan fingerprint density at radius 3 is 3.14 bits per heavy atom. The van der Waals surface area contributed by atoms with Gasteiger partial charge in [-0.2, -0.15) is 0 Å². The molecule has 1 unspecified atom stereocenters. The summed E-state index contributed by atoms with van der Waals surface area (Å²) < 4.78 is 1.22. The maximum Gasteiger partial charge on any atom is 0.0701 e. The van der Waals surface area contributed by atoms with Crippen molar-refractivity contribution in [1.29, 1.82) is 0 Å². The second-order valence-corrected chi connectivity index (χ2v) is 6.18. The SMILES string of the molecule is Brc1ccc(CNCC2CCCN2)s1.